The van der Waals surface area contributed by atoms with E-state index < -0.39 is 18.0 Å². The normalized spacial score (nSPS) is 11.9. The molecule has 6 nitrogen and oxygen atoms in total. The smallest absolute Gasteiger partial charge is 0.326 e. The standard InChI is InChI=1S/C10H21N3O3S/c1-11-5-3-6-12-10(16)13-8(9(14)15)4-7-17-2/h8,11H,3-7H2,1-2H3,(H,14,15)(H2,12,13,16)/t8-/m0/s1. The van der Waals surface area contributed by atoms with Crippen molar-refractivity contribution in [2.24, 2.45) is 0 Å². The minimum absolute atomic E-state index is 0.422. The van der Waals surface area contributed by atoms with E-state index in [0.29, 0.717) is 18.7 Å². The van der Waals surface area contributed by atoms with Gasteiger partial charge in [0.15, 0.2) is 0 Å². The Bertz CT molecular complexity index is 239. The summed E-state index contributed by atoms with van der Waals surface area (Å²) in [5, 5.41) is 16.9. The number of hydrogen-bond acceptors (Lipinski definition) is 4. The van der Waals surface area contributed by atoms with E-state index in [2.05, 4.69) is 16.0 Å². The molecule has 0 aliphatic carbocycles. The molecule has 0 aliphatic heterocycles. The first-order chi connectivity index (χ1) is 8.11. The van der Waals surface area contributed by atoms with Crippen LogP contribution in [-0.4, -0.2) is 55.3 Å². The summed E-state index contributed by atoms with van der Waals surface area (Å²) in [6, 6.07) is -1.23. The second kappa shape index (κ2) is 10.2. The van der Waals surface area contributed by atoms with Crippen LogP contribution in [0.25, 0.3) is 0 Å². The Hall–Kier alpha value is -0.950. The molecule has 0 spiro atoms. The van der Waals surface area contributed by atoms with Crippen molar-refractivity contribution < 1.29 is 14.7 Å². The van der Waals surface area contributed by atoms with E-state index in [4.69, 9.17) is 5.11 Å². The summed E-state index contributed by atoms with van der Waals surface area (Å²) < 4.78 is 0. The predicted molar refractivity (Wildman–Crippen MR) is 69.5 cm³/mol. The van der Waals surface area contributed by atoms with Gasteiger partial charge in [-0.2, -0.15) is 11.8 Å². The monoisotopic (exact) mass is 263 g/mol. The Balaban J connectivity index is 3.83. The van der Waals surface area contributed by atoms with E-state index >= 15 is 0 Å². The summed E-state index contributed by atoms with van der Waals surface area (Å²) in [6.07, 6.45) is 3.14. The van der Waals surface area contributed by atoms with Crippen LogP contribution in [-0.2, 0) is 4.79 Å². The van der Waals surface area contributed by atoms with Crippen molar-refractivity contribution in [1.29, 1.82) is 0 Å². The van der Waals surface area contributed by atoms with Crippen molar-refractivity contribution in [3.8, 4) is 0 Å². The molecule has 0 saturated heterocycles. The summed E-state index contributed by atoms with van der Waals surface area (Å²) in [6.45, 7) is 1.34. The number of thioether (sulfide) groups is 1. The fraction of sp³-hybridized carbons (Fsp3) is 0.800. The lowest BCUT2D eigenvalue weighted by molar-refractivity contribution is -0.139. The number of hydrogen-bond donors (Lipinski definition) is 4. The predicted octanol–water partition coefficient (Wildman–Crippen LogP) is 0.101. The van der Waals surface area contributed by atoms with Gasteiger partial charge in [-0.05, 0) is 38.4 Å². The number of aliphatic carboxylic acids is 1. The maximum Gasteiger partial charge on any atom is 0.326 e. The molecule has 0 fully saturated rings. The second-order valence-corrected chi connectivity index (χ2v) is 4.52. The van der Waals surface area contributed by atoms with Gasteiger partial charge in [0.05, 0.1) is 0 Å². The number of nitrogens with one attached hydrogen (secondary N) is 3. The number of carbonyl (C=O) groups excluding carboxylic acids is 1. The molecule has 100 valence electrons. The largest absolute Gasteiger partial charge is 0.480 e. The maximum absolute atomic E-state index is 11.4. The zero-order valence-electron chi connectivity index (χ0n) is 10.3. The Kier molecular flexibility index (Phi) is 9.65. The molecule has 2 amide bonds. The fourth-order valence-electron chi connectivity index (χ4n) is 1.17. The molecule has 7 heteroatoms. The average Bonchev–Trinajstić information content (AvgIpc) is 2.29. The first-order valence-electron chi connectivity index (χ1n) is 5.52. The Morgan fingerprint density at radius 1 is 1.35 bits per heavy atom. The van der Waals surface area contributed by atoms with Crippen LogP contribution in [0, 0.1) is 0 Å². The van der Waals surface area contributed by atoms with Gasteiger partial charge in [-0.25, -0.2) is 9.59 Å². The second-order valence-electron chi connectivity index (χ2n) is 3.53. The van der Waals surface area contributed by atoms with E-state index in [0.717, 1.165) is 13.0 Å². The molecule has 0 aromatic heterocycles. The minimum atomic E-state index is -0.996. The van der Waals surface area contributed by atoms with Crippen molar-refractivity contribution in [3.05, 3.63) is 0 Å². The molecule has 0 heterocycles. The summed E-state index contributed by atoms with van der Waals surface area (Å²) >= 11 is 1.56. The molecule has 0 aliphatic rings. The number of carbonyl (C=O) groups is 2. The van der Waals surface area contributed by atoms with Gasteiger partial charge in [-0.15, -0.1) is 0 Å². The quantitative estimate of drug-likeness (QED) is 0.443. The number of carboxylic acid groups (broad SMARTS) is 1. The number of urea groups is 1. The topological polar surface area (TPSA) is 90.5 Å². The van der Waals surface area contributed by atoms with E-state index in [9.17, 15) is 9.59 Å². The third-order valence-corrected chi connectivity index (χ3v) is 2.75. The number of carboxylic acids is 1. The molecule has 0 aromatic rings. The average molecular weight is 263 g/mol. The lowest BCUT2D eigenvalue weighted by Gasteiger charge is -2.14. The molecule has 1 atom stereocenters. The molecule has 0 radical (unpaired) electrons. The van der Waals surface area contributed by atoms with E-state index in [-0.39, 0.29) is 0 Å². The number of rotatable bonds is 9. The lowest BCUT2D eigenvalue weighted by Crippen LogP contribution is -2.46. The summed E-state index contributed by atoms with van der Waals surface area (Å²) in [4.78, 5) is 22.2. The molecule has 17 heavy (non-hydrogen) atoms. The van der Waals surface area contributed by atoms with Crippen LogP contribution in [0.3, 0.4) is 0 Å². The van der Waals surface area contributed by atoms with Crippen LogP contribution in [0.15, 0.2) is 0 Å². The van der Waals surface area contributed by atoms with E-state index in [1.165, 1.54) is 0 Å². The number of amides is 2. The summed E-state index contributed by atoms with van der Waals surface area (Å²) in [5.74, 6) is -0.291. The highest BCUT2D eigenvalue weighted by Gasteiger charge is 2.18. The van der Waals surface area contributed by atoms with Gasteiger partial charge in [0, 0.05) is 6.54 Å². The van der Waals surface area contributed by atoms with Crippen LogP contribution >= 0.6 is 11.8 Å². The third kappa shape index (κ3) is 8.82. The molecule has 4 N–H and O–H groups in total. The minimum Gasteiger partial charge on any atom is -0.480 e. The van der Waals surface area contributed by atoms with Crippen molar-refractivity contribution in [2.75, 3.05) is 32.1 Å². The first kappa shape index (κ1) is 16.1. The zero-order chi connectivity index (χ0) is 13.1. The highest BCUT2D eigenvalue weighted by molar-refractivity contribution is 7.98. The molecular weight excluding hydrogens is 242 g/mol. The van der Waals surface area contributed by atoms with Crippen molar-refractivity contribution in [1.82, 2.24) is 16.0 Å². The molecular formula is C10H21N3O3S. The van der Waals surface area contributed by atoms with E-state index in [1.807, 2.05) is 13.3 Å². The van der Waals surface area contributed by atoms with Gasteiger partial charge in [0.2, 0.25) is 0 Å². The van der Waals surface area contributed by atoms with Crippen molar-refractivity contribution in [3.63, 3.8) is 0 Å². The zero-order valence-corrected chi connectivity index (χ0v) is 11.1. The van der Waals surface area contributed by atoms with Crippen LogP contribution in [0.1, 0.15) is 12.8 Å². The third-order valence-electron chi connectivity index (χ3n) is 2.10. The van der Waals surface area contributed by atoms with Crippen LogP contribution in [0.4, 0.5) is 4.79 Å². The van der Waals surface area contributed by atoms with Gasteiger partial charge in [0.25, 0.3) is 0 Å². The van der Waals surface area contributed by atoms with Crippen molar-refractivity contribution in [2.45, 2.75) is 18.9 Å². The molecule has 0 unspecified atom stereocenters. The van der Waals surface area contributed by atoms with Gasteiger partial charge in [-0.3, -0.25) is 0 Å². The molecule has 0 rings (SSSR count). The van der Waals surface area contributed by atoms with Crippen molar-refractivity contribution >= 4 is 23.8 Å². The Morgan fingerprint density at radius 3 is 2.59 bits per heavy atom. The Morgan fingerprint density at radius 2 is 2.06 bits per heavy atom. The SMILES string of the molecule is CNCCCNC(=O)N[C@@H](CCSC)C(=O)O. The van der Waals surface area contributed by atoms with Crippen LogP contribution in [0.2, 0.25) is 0 Å². The van der Waals surface area contributed by atoms with E-state index in [1.54, 1.807) is 11.8 Å². The summed E-state index contributed by atoms with van der Waals surface area (Å²) in [7, 11) is 1.84. The fourth-order valence-corrected chi connectivity index (χ4v) is 1.64. The summed E-state index contributed by atoms with van der Waals surface area (Å²) in [5.41, 5.74) is 0. The highest BCUT2D eigenvalue weighted by Crippen LogP contribution is 2.00. The van der Waals surface area contributed by atoms with Gasteiger partial charge < -0.3 is 21.1 Å². The van der Waals surface area contributed by atoms with Gasteiger partial charge in [-0.1, -0.05) is 0 Å². The highest BCUT2D eigenvalue weighted by atomic mass is 32.2. The van der Waals surface area contributed by atoms with Gasteiger partial charge >= 0.3 is 12.0 Å². The maximum atomic E-state index is 11.4. The molecule has 0 aromatic carbocycles. The first-order valence-corrected chi connectivity index (χ1v) is 6.92. The molecule has 0 bridgehead atoms. The van der Waals surface area contributed by atoms with Crippen LogP contribution < -0.4 is 16.0 Å². The molecule has 0 saturated carbocycles. The van der Waals surface area contributed by atoms with Crippen LogP contribution in [0.5, 0.6) is 0 Å². The van der Waals surface area contributed by atoms with Gasteiger partial charge in [0.1, 0.15) is 6.04 Å². The Labute approximate surface area is 106 Å². The lowest BCUT2D eigenvalue weighted by atomic mass is 10.2.